The molecule has 25 heavy (non-hydrogen) atoms. The third-order valence-electron chi connectivity index (χ3n) is 3.10. The van der Waals surface area contributed by atoms with Crippen molar-refractivity contribution in [3.05, 3.63) is 57.8 Å². The van der Waals surface area contributed by atoms with Crippen LogP contribution in [0.25, 0.3) is 0 Å². The molecule has 0 aliphatic rings. The lowest BCUT2D eigenvalue weighted by Gasteiger charge is -2.14. The van der Waals surface area contributed by atoms with Gasteiger partial charge >= 0.3 is 5.97 Å². The quantitative estimate of drug-likeness (QED) is 0.610. The largest absolute Gasteiger partial charge is 0.448 e. The SMILES string of the molecule is CC(OC(=O)c1nc(Cl)ccc1Cl)C(=O)Nc1ccc(C(N)=O)cc1. The minimum Gasteiger partial charge on any atom is -0.448 e. The molecule has 1 aromatic heterocycles. The molecule has 7 nitrogen and oxygen atoms in total. The molecule has 1 heterocycles. The Morgan fingerprint density at radius 3 is 2.36 bits per heavy atom. The van der Waals surface area contributed by atoms with Gasteiger partial charge in [-0.15, -0.1) is 0 Å². The van der Waals surface area contributed by atoms with Gasteiger partial charge in [-0.05, 0) is 43.3 Å². The predicted molar refractivity (Wildman–Crippen MR) is 92.7 cm³/mol. The van der Waals surface area contributed by atoms with Crippen molar-refractivity contribution in [3.8, 4) is 0 Å². The van der Waals surface area contributed by atoms with E-state index in [4.69, 9.17) is 33.7 Å². The summed E-state index contributed by atoms with van der Waals surface area (Å²) in [6.45, 7) is 1.39. The van der Waals surface area contributed by atoms with Crippen LogP contribution in [0.1, 0.15) is 27.8 Å². The Kier molecular flexibility index (Phi) is 5.95. The molecule has 2 aromatic rings. The predicted octanol–water partition coefficient (Wildman–Crippen LogP) is 2.67. The number of primary amides is 1. The first kappa shape index (κ1) is 18.7. The fourth-order valence-electron chi connectivity index (χ4n) is 1.79. The number of nitrogens with one attached hydrogen (secondary N) is 1. The molecule has 2 amide bonds. The lowest BCUT2D eigenvalue weighted by molar-refractivity contribution is -0.123. The van der Waals surface area contributed by atoms with Crippen LogP contribution in [0.4, 0.5) is 5.69 Å². The molecule has 0 radical (unpaired) electrons. The van der Waals surface area contributed by atoms with E-state index in [1.807, 2.05) is 0 Å². The average molecular weight is 382 g/mol. The summed E-state index contributed by atoms with van der Waals surface area (Å²) in [6, 6.07) is 8.75. The van der Waals surface area contributed by atoms with Crippen LogP contribution in [0, 0.1) is 0 Å². The molecule has 9 heteroatoms. The van der Waals surface area contributed by atoms with Crippen LogP contribution in [0.15, 0.2) is 36.4 Å². The van der Waals surface area contributed by atoms with Gasteiger partial charge in [0.1, 0.15) is 5.15 Å². The first-order valence-electron chi connectivity index (χ1n) is 7.01. The lowest BCUT2D eigenvalue weighted by atomic mass is 10.2. The van der Waals surface area contributed by atoms with Gasteiger partial charge in [-0.1, -0.05) is 23.2 Å². The van der Waals surface area contributed by atoms with Crippen LogP contribution in [0.3, 0.4) is 0 Å². The van der Waals surface area contributed by atoms with Crippen LogP contribution in [-0.2, 0) is 9.53 Å². The molecule has 0 fully saturated rings. The van der Waals surface area contributed by atoms with Crippen molar-refractivity contribution in [2.45, 2.75) is 13.0 Å². The van der Waals surface area contributed by atoms with Crippen LogP contribution in [-0.4, -0.2) is 28.9 Å². The van der Waals surface area contributed by atoms with Crippen LogP contribution < -0.4 is 11.1 Å². The highest BCUT2D eigenvalue weighted by Gasteiger charge is 2.22. The first-order chi connectivity index (χ1) is 11.8. The van der Waals surface area contributed by atoms with Gasteiger partial charge in [0.15, 0.2) is 11.8 Å². The zero-order valence-corrected chi connectivity index (χ0v) is 14.5. The minimum atomic E-state index is -1.11. The van der Waals surface area contributed by atoms with Crippen molar-refractivity contribution in [1.82, 2.24) is 4.98 Å². The highest BCUT2D eigenvalue weighted by atomic mass is 35.5. The van der Waals surface area contributed by atoms with Gasteiger partial charge in [0, 0.05) is 11.3 Å². The number of carbonyl (C=O) groups excluding carboxylic acids is 3. The summed E-state index contributed by atoms with van der Waals surface area (Å²) < 4.78 is 5.04. The van der Waals surface area contributed by atoms with E-state index in [9.17, 15) is 14.4 Å². The summed E-state index contributed by atoms with van der Waals surface area (Å²) in [5.41, 5.74) is 5.67. The first-order valence-corrected chi connectivity index (χ1v) is 7.77. The van der Waals surface area contributed by atoms with Crippen LogP contribution in [0.2, 0.25) is 10.2 Å². The number of carbonyl (C=O) groups is 3. The van der Waals surface area contributed by atoms with E-state index in [1.165, 1.54) is 43.3 Å². The number of anilines is 1. The van der Waals surface area contributed by atoms with E-state index in [0.29, 0.717) is 11.3 Å². The Labute approximate surface area is 153 Å². The second-order valence-electron chi connectivity index (χ2n) is 4.94. The number of halogens is 2. The summed E-state index contributed by atoms with van der Waals surface area (Å²) >= 11 is 11.6. The Hall–Kier alpha value is -2.64. The number of amides is 2. The second kappa shape index (κ2) is 7.96. The zero-order valence-electron chi connectivity index (χ0n) is 13.0. The molecule has 0 saturated carbocycles. The van der Waals surface area contributed by atoms with E-state index in [1.54, 1.807) is 0 Å². The monoisotopic (exact) mass is 381 g/mol. The van der Waals surface area contributed by atoms with E-state index < -0.39 is 23.9 Å². The molecule has 0 saturated heterocycles. The standard InChI is InChI=1S/C16H13Cl2N3O4/c1-8(25-16(24)13-11(17)6-7-12(18)21-13)15(23)20-10-4-2-9(3-5-10)14(19)22/h2-8H,1H3,(H2,19,22)(H,20,23). The second-order valence-corrected chi connectivity index (χ2v) is 5.74. The molecule has 0 spiro atoms. The molecular weight excluding hydrogens is 369 g/mol. The number of hydrogen-bond donors (Lipinski definition) is 2. The fourth-order valence-corrected chi connectivity index (χ4v) is 2.12. The summed E-state index contributed by atoms with van der Waals surface area (Å²) in [7, 11) is 0. The van der Waals surface area contributed by atoms with Crippen LogP contribution in [0.5, 0.6) is 0 Å². The molecule has 0 aliphatic carbocycles. The maximum atomic E-state index is 12.1. The van der Waals surface area contributed by atoms with Gasteiger partial charge in [-0.2, -0.15) is 0 Å². The van der Waals surface area contributed by atoms with E-state index >= 15 is 0 Å². The number of hydrogen-bond acceptors (Lipinski definition) is 5. The average Bonchev–Trinajstić information content (AvgIpc) is 2.57. The number of aromatic nitrogens is 1. The van der Waals surface area contributed by atoms with Crippen molar-refractivity contribution in [2.24, 2.45) is 5.73 Å². The third-order valence-corrected chi connectivity index (χ3v) is 3.61. The van der Waals surface area contributed by atoms with Gasteiger partial charge in [0.05, 0.1) is 5.02 Å². The summed E-state index contributed by atoms with van der Waals surface area (Å²) in [5, 5.41) is 2.67. The number of nitrogens with zero attached hydrogens (tertiary/aromatic N) is 1. The van der Waals surface area contributed by atoms with Crippen molar-refractivity contribution in [3.63, 3.8) is 0 Å². The number of rotatable bonds is 5. The molecule has 1 aromatic carbocycles. The van der Waals surface area contributed by atoms with Gasteiger partial charge < -0.3 is 15.8 Å². The van der Waals surface area contributed by atoms with Gasteiger partial charge in [0.2, 0.25) is 5.91 Å². The van der Waals surface area contributed by atoms with Crippen molar-refractivity contribution in [1.29, 1.82) is 0 Å². The molecular formula is C16H13Cl2N3O4. The van der Waals surface area contributed by atoms with E-state index in [-0.39, 0.29) is 15.9 Å². The topological polar surface area (TPSA) is 111 Å². The molecule has 1 unspecified atom stereocenters. The highest BCUT2D eigenvalue weighted by Crippen LogP contribution is 2.18. The van der Waals surface area contributed by atoms with Crippen molar-refractivity contribution >= 4 is 46.7 Å². The minimum absolute atomic E-state index is 0.0593. The van der Waals surface area contributed by atoms with E-state index in [2.05, 4.69) is 10.3 Å². The van der Waals surface area contributed by atoms with Crippen molar-refractivity contribution in [2.75, 3.05) is 5.32 Å². The summed E-state index contributed by atoms with van der Waals surface area (Å²) in [6.07, 6.45) is -1.11. The smallest absolute Gasteiger partial charge is 0.359 e. The zero-order chi connectivity index (χ0) is 18.6. The fraction of sp³-hybridized carbons (Fsp3) is 0.125. The maximum Gasteiger partial charge on any atom is 0.359 e. The summed E-state index contributed by atoms with van der Waals surface area (Å²) in [5.74, 6) is -2.02. The molecule has 0 bridgehead atoms. The van der Waals surface area contributed by atoms with Gasteiger partial charge in [-0.25, -0.2) is 9.78 Å². The normalized spacial score (nSPS) is 11.5. The maximum absolute atomic E-state index is 12.1. The number of pyridine rings is 1. The number of ether oxygens (including phenoxy) is 1. The van der Waals surface area contributed by atoms with Gasteiger partial charge in [0.25, 0.3) is 5.91 Å². The molecule has 2 rings (SSSR count). The Morgan fingerprint density at radius 1 is 1.12 bits per heavy atom. The summed E-state index contributed by atoms with van der Waals surface area (Å²) in [4.78, 5) is 38.9. The van der Waals surface area contributed by atoms with Gasteiger partial charge in [-0.3, -0.25) is 9.59 Å². The van der Waals surface area contributed by atoms with Crippen LogP contribution >= 0.6 is 23.2 Å². The van der Waals surface area contributed by atoms with Crippen molar-refractivity contribution < 1.29 is 19.1 Å². The Balaban J connectivity index is 2.01. The molecule has 3 N–H and O–H groups in total. The highest BCUT2D eigenvalue weighted by molar-refractivity contribution is 6.34. The molecule has 0 aliphatic heterocycles. The molecule has 1 atom stereocenters. The molecule has 130 valence electrons. The lowest BCUT2D eigenvalue weighted by Crippen LogP contribution is -2.30. The Bertz CT molecular complexity index is 825. The Morgan fingerprint density at radius 2 is 1.76 bits per heavy atom. The number of esters is 1. The third kappa shape index (κ3) is 4.91. The van der Waals surface area contributed by atoms with E-state index in [0.717, 1.165) is 0 Å². The number of benzene rings is 1. The number of nitrogens with two attached hydrogens (primary N) is 1.